The van der Waals surface area contributed by atoms with E-state index >= 15 is 0 Å². The number of benzene rings is 1. The number of aromatic nitrogens is 2. The second-order valence-corrected chi connectivity index (χ2v) is 7.61. The maximum atomic E-state index is 14.1. The lowest BCUT2D eigenvalue weighted by atomic mass is 10.1. The Bertz CT molecular complexity index is 1090. The highest BCUT2D eigenvalue weighted by Crippen LogP contribution is 2.35. The van der Waals surface area contributed by atoms with Crippen LogP contribution in [-0.4, -0.2) is 20.6 Å². The first-order valence-corrected chi connectivity index (χ1v) is 9.31. The second-order valence-electron chi connectivity index (χ2n) is 6.52. The third-order valence-corrected chi connectivity index (χ3v) is 6.08. The number of carboxylic acid groups (broad SMARTS) is 1. The van der Waals surface area contributed by atoms with E-state index in [9.17, 15) is 19.1 Å². The Morgan fingerprint density at radius 1 is 1.38 bits per heavy atom. The number of carboxylic acids is 1. The molecule has 0 radical (unpaired) electrons. The summed E-state index contributed by atoms with van der Waals surface area (Å²) in [6.07, 6.45) is 2.81. The fourth-order valence-electron chi connectivity index (χ4n) is 3.54. The molecular weight excluding hydrogens is 355 g/mol. The largest absolute Gasteiger partial charge is 0.480 e. The molecule has 1 aromatic carbocycles. The Kier molecular flexibility index (Phi) is 4.11. The van der Waals surface area contributed by atoms with Crippen LogP contribution in [0.5, 0.6) is 0 Å². The normalized spacial score (nSPS) is 14.5. The predicted octanol–water partition coefficient (Wildman–Crippen LogP) is 3.32. The number of fused-ring (bicyclic) bond motifs is 3. The quantitative estimate of drug-likeness (QED) is 0.763. The van der Waals surface area contributed by atoms with Gasteiger partial charge in [0.1, 0.15) is 22.5 Å². The average molecular weight is 372 g/mol. The molecule has 0 bridgehead atoms. The van der Waals surface area contributed by atoms with E-state index in [1.807, 2.05) is 0 Å². The van der Waals surface area contributed by atoms with Gasteiger partial charge in [0.2, 0.25) is 0 Å². The lowest BCUT2D eigenvalue weighted by molar-refractivity contribution is -0.140. The highest BCUT2D eigenvalue weighted by molar-refractivity contribution is 7.18. The van der Waals surface area contributed by atoms with Gasteiger partial charge in [0, 0.05) is 11.3 Å². The van der Waals surface area contributed by atoms with E-state index in [1.165, 1.54) is 28.9 Å². The molecule has 0 saturated carbocycles. The Hall–Kier alpha value is -2.54. The van der Waals surface area contributed by atoms with Crippen molar-refractivity contribution in [2.75, 3.05) is 0 Å². The average Bonchev–Trinajstić information content (AvgIpc) is 3.17. The number of thiophene rings is 1. The minimum absolute atomic E-state index is 0.0675. The second kappa shape index (κ2) is 6.32. The molecule has 1 atom stereocenters. The van der Waals surface area contributed by atoms with Crippen LogP contribution in [-0.2, 0) is 24.1 Å². The van der Waals surface area contributed by atoms with Crippen molar-refractivity contribution in [3.8, 4) is 0 Å². The Morgan fingerprint density at radius 3 is 2.88 bits per heavy atom. The molecule has 0 fully saturated rings. The number of hydrogen-bond acceptors (Lipinski definition) is 4. The minimum Gasteiger partial charge on any atom is -0.480 e. The first kappa shape index (κ1) is 16.9. The van der Waals surface area contributed by atoms with Gasteiger partial charge in [-0.2, -0.15) is 0 Å². The highest BCUT2D eigenvalue weighted by Gasteiger charge is 2.27. The lowest BCUT2D eigenvalue weighted by Crippen LogP contribution is -2.32. The SMILES string of the molecule is CC(C(=O)O)n1c(Cc2ccccc2F)nc2sc3c(c2c1=O)CCC3. The third-order valence-electron chi connectivity index (χ3n) is 4.90. The molecule has 7 heteroatoms. The van der Waals surface area contributed by atoms with E-state index in [0.29, 0.717) is 15.8 Å². The van der Waals surface area contributed by atoms with Crippen molar-refractivity contribution < 1.29 is 14.3 Å². The smallest absolute Gasteiger partial charge is 0.326 e. The van der Waals surface area contributed by atoms with Gasteiger partial charge in [0.05, 0.1) is 5.39 Å². The molecule has 0 spiro atoms. The number of halogens is 1. The topological polar surface area (TPSA) is 72.2 Å². The van der Waals surface area contributed by atoms with Gasteiger partial charge < -0.3 is 5.11 Å². The van der Waals surface area contributed by atoms with E-state index in [2.05, 4.69) is 4.98 Å². The molecule has 4 rings (SSSR count). The zero-order valence-electron chi connectivity index (χ0n) is 14.2. The van der Waals surface area contributed by atoms with Crippen LogP contribution < -0.4 is 5.56 Å². The van der Waals surface area contributed by atoms with Gasteiger partial charge in [-0.25, -0.2) is 14.2 Å². The van der Waals surface area contributed by atoms with E-state index in [0.717, 1.165) is 29.7 Å². The summed E-state index contributed by atoms with van der Waals surface area (Å²) in [7, 11) is 0. The molecular formula is C19H17FN2O3S. The van der Waals surface area contributed by atoms with Crippen LogP contribution in [0.15, 0.2) is 29.1 Å². The van der Waals surface area contributed by atoms with Crippen LogP contribution in [0.25, 0.3) is 10.2 Å². The monoisotopic (exact) mass is 372 g/mol. The molecule has 26 heavy (non-hydrogen) atoms. The van der Waals surface area contributed by atoms with Crippen LogP contribution >= 0.6 is 11.3 Å². The number of nitrogens with zero attached hydrogens (tertiary/aromatic N) is 2. The molecule has 1 aliphatic rings. The predicted molar refractivity (Wildman–Crippen MR) is 97.5 cm³/mol. The lowest BCUT2D eigenvalue weighted by Gasteiger charge is -2.16. The van der Waals surface area contributed by atoms with Crippen molar-refractivity contribution in [3.63, 3.8) is 0 Å². The Morgan fingerprint density at radius 2 is 2.15 bits per heavy atom. The van der Waals surface area contributed by atoms with Crippen LogP contribution in [0.3, 0.4) is 0 Å². The van der Waals surface area contributed by atoms with E-state index < -0.39 is 17.8 Å². The van der Waals surface area contributed by atoms with Gasteiger partial charge in [-0.15, -0.1) is 11.3 Å². The summed E-state index contributed by atoms with van der Waals surface area (Å²) < 4.78 is 15.3. The molecule has 134 valence electrons. The summed E-state index contributed by atoms with van der Waals surface area (Å²) in [6, 6.07) is 5.19. The summed E-state index contributed by atoms with van der Waals surface area (Å²) in [5.74, 6) is -1.23. The maximum absolute atomic E-state index is 14.1. The van der Waals surface area contributed by atoms with E-state index in [1.54, 1.807) is 18.2 Å². The Labute approximate surface area is 152 Å². The van der Waals surface area contributed by atoms with Crippen molar-refractivity contribution in [2.24, 2.45) is 0 Å². The van der Waals surface area contributed by atoms with Crippen molar-refractivity contribution in [3.05, 3.63) is 62.3 Å². The molecule has 2 aromatic heterocycles. The Balaban J connectivity index is 1.96. The van der Waals surface area contributed by atoms with Gasteiger partial charge in [-0.3, -0.25) is 9.36 Å². The molecule has 1 aliphatic carbocycles. The van der Waals surface area contributed by atoms with Crippen molar-refractivity contribution >= 4 is 27.5 Å². The third kappa shape index (κ3) is 2.63. The molecule has 2 heterocycles. The molecule has 5 nitrogen and oxygen atoms in total. The van der Waals surface area contributed by atoms with Gasteiger partial charge in [-0.05, 0) is 43.4 Å². The van der Waals surface area contributed by atoms with Crippen LogP contribution in [0.1, 0.15) is 41.2 Å². The number of aryl methyl sites for hydroxylation is 2. The fraction of sp³-hybridized carbons (Fsp3) is 0.316. The summed E-state index contributed by atoms with van der Waals surface area (Å²) >= 11 is 1.49. The fourth-order valence-corrected chi connectivity index (χ4v) is 4.82. The highest BCUT2D eigenvalue weighted by atomic mass is 32.1. The van der Waals surface area contributed by atoms with Gasteiger partial charge in [-0.1, -0.05) is 18.2 Å². The van der Waals surface area contributed by atoms with Crippen LogP contribution in [0, 0.1) is 5.82 Å². The summed E-state index contributed by atoms with van der Waals surface area (Å²) in [5.41, 5.74) is 1.05. The van der Waals surface area contributed by atoms with E-state index in [4.69, 9.17) is 0 Å². The number of hydrogen-bond donors (Lipinski definition) is 1. The van der Waals surface area contributed by atoms with E-state index in [-0.39, 0.29) is 17.8 Å². The molecule has 1 unspecified atom stereocenters. The molecule has 0 amide bonds. The molecule has 0 saturated heterocycles. The minimum atomic E-state index is -1.12. The maximum Gasteiger partial charge on any atom is 0.326 e. The zero-order valence-corrected chi connectivity index (χ0v) is 15.0. The summed E-state index contributed by atoms with van der Waals surface area (Å²) in [6.45, 7) is 1.45. The summed E-state index contributed by atoms with van der Waals surface area (Å²) in [4.78, 5) is 31.1. The zero-order chi connectivity index (χ0) is 18.4. The van der Waals surface area contributed by atoms with Crippen molar-refractivity contribution in [1.82, 2.24) is 9.55 Å². The van der Waals surface area contributed by atoms with Gasteiger partial charge in [0.15, 0.2) is 0 Å². The first-order valence-electron chi connectivity index (χ1n) is 8.49. The molecule has 3 aromatic rings. The van der Waals surface area contributed by atoms with Crippen LogP contribution in [0.4, 0.5) is 4.39 Å². The van der Waals surface area contributed by atoms with Crippen molar-refractivity contribution in [1.29, 1.82) is 0 Å². The summed E-state index contributed by atoms with van der Waals surface area (Å²) in [5, 5.41) is 10.00. The molecule has 0 aliphatic heterocycles. The number of carbonyl (C=O) groups is 1. The van der Waals surface area contributed by atoms with Gasteiger partial charge in [0.25, 0.3) is 5.56 Å². The first-order chi connectivity index (χ1) is 12.5. The number of rotatable bonds is 4. The number of aliphatic carboxylic acids is 1. The van der Waals surface area contributed by atoms with Crippen molar-refractivity contribution in [2.45, 2.75) is 38.6 Å². The van der Waals surface area contributed by atoms with Gasteiger partial charge >= 0.3 is 5.97 Å². The standard InChI is InChI=1S/C19H17FN2O3S/c1-10(19(24)25)22-15(9-11-5-2-3-7-13(11)20)21-17-16(18(22)23)12-6-4-8-14(12)26-17/h2-3,5,7,10H,4,6,8-9H2,1H3,(H,24,25). The molecule has 1 N–H and O–H groups in total. The van der Waals surface area contributed by atoms with Crippen LogP contribution in [0.2, 0.25) is 0 Å².